The summed E-state index contributed by atoms with van der Waals surface area (Å²) in [7, 11) is 1.36. The Labute approximate surface area is 229 Å². The van der Waals surface area contributed by atoms with E-state index in [1.54, 1.807) is 17.0 Å². The van der Waals surface area contributed by atoms with Crippen LogP contribution in [0, 0.1) is 0 Å². The Balaban J connectivity index is 1.17. The van der Waals surface area contributed by atoms with Crippen LogP contribution in [0.4, 0.5) is 16.2 Å². The first-order valence-electron chi connectivity index (χ1n) is 13.8. The highest BCUT2D eigenvalue weighted by atomic mass is 16.5. The molecule has 1 atom stereocenters. The molecule has 1 heterocycles. The lowest BCUT2D eigenvalue weighted by molar-refractivity contribution is -0.119. The van der Waals surface area contributed by atoms with Crippen LogP contribution >= 0.6 is 0 Å². The van der Waals surface area contributed by atoms with E-state index in [0.717, 1.165) is 23.2 Å². The van der Waals surface area contributed by atoms with E-state index in [2.05, 4.69) is 22.8 Å². The average Bonchev–Trinajstić information content (AvgIpc) is 3.49. The molecule has 1 aliphatic heterocycles. The number of amides is 3. The third-order valence-corrected chi connectivity index (χ3v) is 7.85. The number of hydrogen-bond donors (Lipinski definition) is 2. The van der Waals surface area contributed by atoms with Crippen LogP contribution < -0.4 is 10.6 Å². The van der Waals surface area contributed by atoms with Crippen molar-refractivity contribution in [2.45, 2.75) is 56.9 Å². The molecule has 0 radical (unpaired) electrons. The van der Waals surface area contributed by atoms with Crippen molar-refractivity contribution in [3.05, 3.63) is 83.9 Å². The molecule has 7 nitrogen and oxygen atoms in total. The molecule has 3 aromatic rings. The molecule has 3 aromatic carbocycles. The van der Waals surface area contributed by atoms with Crippen LogP contribution in [0.5, 0.6) is 0 Å². The number of esters is 1. The summed E-state index contributed by atoms with van der Waals surface area (Å²) in [6, 6.07) is 22.1. The van der Waals surface area contributed by atoms with Gasteiger partial charge in [-0.2, -0.15) is 0 Å². The molecule has 0 spiro atoms. The van der Waals surface area contributed by atoms with Crippen LogP contribution in [-0.4, -0.2) is 42.5 Å². The lowest BCUT2D eigenvalue weighted by Crippen LogP contribution is -2.45. The molecule has 2 N–H and O–H groups in total. The number of methoxy groups -OCH3 is 1. The van der Waals surface area contributed by atoms with Crippen molar-refractivity contribution >= 4 is 29.3 Å². The van der Waals surface area contributed by atoms with E-state index < -0.39 is 6.04 Å². The largest absolute Gasteiger partial charge is 0.465 e. The number of hydrogen-bond acceptors (Lipinski definition) is 4. The van der Waals surface area contributed by atoms with Gasteiger partial charge in [0, 0.05) is 17.9 Å². The van der Waals surface area contributed by atoms with Crippen LogP contribution in [0.3, 0.4) is 0 Å². The first-order chi connectivity index (χ1) is 19.0. The van der Waals surface area contributed by atoms with Gasteiger partial charge in [-0.15, -0.1) is 0 Å². The molecule has 2 fully saturated rings. The van der Waals surface area contributed by atoms with E-state index in [4.69, 9.17) is 4.74 Å². The summed E-state index contributed by atoms with van der Waals surface area (Å²) in [6.45, 7) is 0.546. The molecule has 202 valence electrons. The van der Waals surface area contributed by atoms with Crippen molar-refractivity contribution < 1.29 is 19.1 Å². The second-order valence-electron chi connectivity index (χ2n) is 10.4. The van der Waals surface area contributed by atoms with Crippen molar-refractivity contribution in [2.24, 2.45) is 0 Å². The molecule has 1 saturated heterocycles. The average molecular weight is 526 g/mol. The summed E-state index contributed by atoms with van der Waals surface area (Å²) in [5, 5.41) is 5.95. The minimum Gasteiger partial charge on any atom is -0.465 e. The fourth-order valence-electron chi connectivity index (χ4n) is 5.64. The van der Waals surface area contributed by atoms with Gasteiger partial charge in [0.15, 0.2) is 0 Å². The summed E-state index contributed by atoms with van der Waals surface area (Å²) < 4.78 is 4.75. The Morgan fingerprint density at radius 2 is 1.31 bits per heavy atom. The Hall–Kier alpha value is -4.13. The van der Waals surface area contributed by atoms with Gasteiger partial charge in [0.2, 0.25) is 5.91 Å². The zero-order chi connectivity index (χ0) is 27.2. The second kappa shape index (κ2) is 12.2. The summed E-state index contributed by atoms with van der Waals surface area (Å²) in [5.41, 5.74) is 5.16. The van der Waals surface area contributed by atoms with Gasteiger partial charge < -0.3 is 20.3 Å². The molecule has 3 amide bonds. The van der Waals surface area contributed by atoms with Crippen molar-refractivity contribution in [1.29, 1.82) is 0 Å². The molecular weight excluding hydrogens is 490 g/mol. The molecular formula is C32H35N3O4. The second-order valence-corrected chi connectivity index (χ2v) is 10.4. The highest BCUT2D eigenvalue weighted by Gasteiger charge is 2.34. The fourth-order valence-corrected chi connectivity index (χ4v) is 5.64. The number of carbonyl (C=O) groups is 3. The van der Waals surface area contributed by atoms with E-state index in [0.29, 0.717) is 30.1 Å². The van der Waals surface area contributed by atoms with Gasteiger partial charge >= 0.3 is 12.0 Å². The maximum atomic E-state index is 13.1. The van der Waals surface area contributed by atoms with Crippen LogP contribution in [0.25, 0.3) is 11.1 Å². The smallest absolute Gasteiger partial charge is 0.337 e. The Bertz CT molecular complexity index is 1300. The molecule has 5 rings (SSSR count). The summed E-state index contributed by atoms with van der Waals surface area (Å²) in [5.74, 6) is 0.0589. The first-order valence-corrected chi connectivity index (χ1v) is 13.8. The minimum absolute atomic E-state index is 0.189. The fraction of sp³-hybridized carbons (Fsp3) is 0.344. The van der Waals surface area contributed by atoms with E-state index >= 15 is 0 Å². The van der Waals surface area contributed by atoms with E-state index in [1.165, 1.54) is 44.8 Å². The van der Waals surface area contributed by atoms with Crippen LogP contribution in [0.15, 0.2) is 72.8 Å². The Kier molecular flexibility index (Phi) is 8.25. The predicted octanol–water partition coefficient (Wildman–Crippen LogP) is 6.82. The number of urea groups is 1. The van der Waals surface area contributed by atoms with Gasteiger partial charge in [0.25, 0.3) is 0 Å². The number of ether oxygens (including phenoxy) is 1. The van der Waals surface area contributed by atoms with Crippen molar-refractivity contribution in [3.63, 3.8) is 0 Å². The summed E-state index contributed by atoms with van der Waals surface area (Å²) in [4.78, 5) is 39.4. The Morgan fingerprint density at radius 1 is 0.718 bits per heavy atom. The summed E-state index contributed by atoms with van der Waals surface area (Å²) in [6.07, 6.45) is 7.80. The topological polar surface area (TPSA) is 87.7 Å². The van der Waals surface area contributed by atoms with Crippen LogP contribution in [0.2, 0.25) is 0 Å². The maximum Gasteiger partial charge on any atom is 0.337 e. The zero-order valence-corrected chi connectivity index (χ0v) is 22.3. The van der Waals surface area contributed by atoms with Crippen molar-refractivity contribution in [1.82, 2.24) is 4.90 Å². The maximum absolute atomic E-state index is 13.1. The molecule has 0 unspecified atom stereocenters. The van der Waals surface area contributed by atoms with Gasteiger partial charge in [-0.3, -0.25) is 4.79 Å². The third-order valence-electron chi connectivity index (χ3n) is 7.85. The van der Waals surface area contributed by atoms with Gasteiger partial charge in [0.1, 0.15) is 6.04 Å². The number of rotatable bonds is 6. The Morgan fingerprint density at radius 3 is 1.95 bits per heavy atom. The number of carbonyl (C=O) groups excluding carboxylic acids is 3. The molecule has 0 bridgehead atoms. The minimum atomic E-state index is -0.517. The van der Waals surface area contributed by atoms with E-state index in [-0.39, 0.29) is 17.9 Å². The standard InChI is InChI=1S/C32H35N3O4/c1-39-31(37)26-11-9-23(10-12-26)25-13-17-27(18-14-25)33-30(36)29-8-5-21-35(29)32(38)34-28-19-15-24(16-20-28)22-6-3-2-4-7-22/h9-20,22,29H,2-8,21H2,1H3,(H,33,36)(H,34,38)/t29-/m1/s1. The summed E-state index contributed by atoms with van der Waals surface area (Å²) >= 11 is 0. The number of likely N-dealkylation sites (tertiary alicyclic amines) is 1. The highest BCUT2D eigenvalue weighted by molar-refractivity contribution is 5.99. The van der Waals surface area contributed by atoms with Crippen LogP contribution in [-0.2, 0) is 9.53 Å². The zero-order valence-electron chi connectivity index (χ0n) is 22.3. The van der Waals surface area contributed by atoms with Gasteiger partial charge in [-0.1, -0.05) is 55.7 Å². The SMILES string of the molecule is COC(=O)c1ccc(-c2ccc(NC(=O)[C@H]3CCCN3C(=O)Nc3ccc(C4CCCCC4)cc3)cc2)cc1. The van der Waals surface area contributed by atoms with E-state index in [1.807, 2.05) is 48.5 Å². The third kappa shape index (κ3) is 6.30. The molecule has 0 aromatic heterocycles. The van der Waals surface area contributed by atoms with Gasteiger partial charge in [-0.05, 0) is 84.7 Å². The predicted molar refractivity (Wildman–Crippen MR) is 153 cm³/mol. The number of benzene rings is 3. The van der Waals surface area contributed by atoms with Crippen molar-refractivity contribution in [2.75, 3.05) is 24.3 Å². The number of nitrogens with one attached hydrogen (secondary N) is 2. The number of anilines is 2. The highest BCUT2D eigenvalue weighted by Crippen LogP contribution is 2.33. The van der Waals surface area contributed by atoms with Crippen molar-refractivity contribution in [3.8, 4) is 11.1 Å². The normalized spacial score (nSPS) is 17.5. The first kappa shape index (κ1) is 26.5. The monoisotopic (exact) mass is 525 g/mol. The molecule has 39 heavy (non-hydrogen) atoms. The van der Waals surface area contributed by atoms with Crippen LogP contribution in [0.1, 0.15) is 66.8 Å². The quantitative estimate of drug-likeness (QED) is 0.346. The lowest BCUT2D eigenvalue weighted by Gasteiger charge is -2.25. The molecule has 7 heteroatoms. The van der Waals surface area contributed by atoms with Gasteiger partial charge in [0.05, 0.1) is 12.7 Å². The molecule has 2 aliphatic rings. The van der Waals surface area contributed by atoms with E-state index in [9.17, 15) is 14.4 Å². The molecule has 1 aliphatic carbocycles. The van der Waals surface area contributed by atoms with Gasteiger partial charge in [-0.25, -0.2) is 9.59 Å². The lowest BCUT2D eigenvalue weighted by atomic mass is 9.84. The molecule has 1 saturated carbocycles. The number of nitrogens with zero attached hydrogens (tertiary/aromatic N) is 1.